The molecule has 195 valence electrons. The van der Waals surface area contributed by atoms with Gasteiger partial charge in [-0.3, -0.25) is 43.2 Å². The van der Waals surface area contributed by atoms with Crippen molar-refractivity contribution < 1.29 is 89.1 Å². The molecular weight excluding hydrogens is 495 g/mol. The summed E-state index contributed by atoms with van der Waals surface area (Å²) in [6.45, 7) is 3.25. The molecule has 34 heavy (non-hydrogen) atoms. The van der Waals surface area contributed by atoms with Crippen molar-refractivity contribution >= 4 is 71.1 Å². The van der Waals surface area contributed by atoms with Gasteiger partial charge in [-0.15, -0.1) is 0 Å². The zero-order valence-electron chi connectivity index (χ0n) is 17.9. The monoisotopic (exact) mass is 519 g/mol. The van der Waals surface area contributed by atoms with Crippen LogP contribution in [0.1, 0.15) is 40.0 Å². The summed E-state index contributed by atoms with van der Waals surface area (Å²) in [4.78, 5) is 83.6. The van der Waals surface area contributed by atoms with Crippen LogP contribution in [-0.4, -0.2) is 117 Å². The normalized spacial score (nSPS) is 7.15. The van der Waals surface area contributed by atoms with E-state index in [0.29, 0.717) is 0 Å². The lowest BCUT2D eigenvalue weighted by atomic mass is 10.5. The molecular formula is C15H24AlO18. The lowest BCUT2D eigenvalue weighted by Gasteiger charge is -1.80. The molecule has 0 heterocycles. The van der Waals surface area contributed by atoms with Gasteiger partial charge in [0.15, 0.2) is 0 Å². The predicted molar refractivity (Wildman–Crippen MR) is 105 cm³/mol. The first-order valence-electron chi connectivity index (χ1n) is 7.47. The maximum Gasteiger partial charge on any atom is 0.314 e. The number of rotatable bonds is 6. The molecule has 0 saturated heterocycles. The van der Waals surface area contributed by atoms with E-state index in [9.17, 15) is 28.8 Å². The summed E-state index contributed by atoms with van der Waals surface area (Å²) < 4.78 is 0. The molecule has 18 nitrogen and oxygen atoms in total. The fraction of sp³-hybridized carbons (Fsp3) is 0.400. The van der Waals surface area contributed by atoms with E-state index in [1.807, 2.05) is 0 Å². The third-order valence-electron chi connectivity index (χ3n) is 0.907. The Morgan fingerprint density at radius 1 is 0.353 bits per heavy atom. The fourth-order valence-electron chi connectivity index (χ4n) is 0.388. The molecule has 9 N–H and O–H groups in total. The second-order valence-corrected chi connectivity index (χ2v) is 4.45. The van der Waals surface area contributed by atoms with E-state index in [0.717, 1.165) is 20.8 Å². The van der Waals surface area contributed by atoms with Crippen molar-refractivity contribution in [2.75, 3.05) is 0 Å². The van der Waals surface area contributed by atoms with Crippen LogP contribution in [0.3, 0.4) is 0 Å². The summed E-state index contributed by atoms with van der Waals surface area (Å²) in [7, 11) is 0. The van der Waals surface area contributed by atoms with Crippen molar-refractivity contribution in [2.24, 2.45) is 0 Å². The van der Waals surface area contributed by atoms with Crippen molar-refractivity contribution in [3.05, 3.63) is 0 Å². The zero-order chi connectivity index (χ0) is 28.3. The summed E-state index contributed by atoms with van der Waals surface area (Å²) in [6, 6.07) is 0. The van der Waals surface area contributed by atoms with Crippen molar-refractivity contribution in [3.63, 3.8) is 0 Å². The van der Waals surface area contributed by atoms with E-state index in [2.05, 4.69) is 0 Å². The Kier molecular flexibility index (Phi) is 46.7. The highest BCUT2D eigenvalue weighted by Crippen LogP contribution is 1.75. The number of carboxylic acid groups (broad SMARTS) is 9. The first-order chi connectivity index (χ1) is 14.6. The minimum atomic E-state index is -1.31. The van der Waals surface area contributed by atoms with Crippen LogP contribution >= 0.6 is 0 Å². The van der Waals surface area contributed by atoms with Crippen molar-refractivity contribution in [2.45, 2.75) is 40.0 Å². The first kappa shape index (κ1) is 47.5. The van der Waals surface area contributed by atoms with E-state index in [1.165, 1.54) is 0 Å². The van der Waals surface area contributed by atoms with Gasteiger partial charge in [-0.1, -0.05) is 0 Å². The Bertz CT molecular complexity index is 530. The molecule has 0 rings (SSSR count). The summed E-state index contributed by atoms with van der Waals surface area (Å²) in [6.07, 6.45) is -2.42. The molecule has 0 fully saturated rings. The SMILES string of the molecule is CC(=O)O.CC(=O)O.CC(=O)O.O=C(O)CC(=O)O.O=C(O)CC(=O)O.O=C(O)CC(=O)O.[Al]. The zero-order valence-corrected chi connectivity index (χ0v) is 19.1. The molecule has 0 spiro atoms. The molecule has 0 aliphatic heterocycles. The first-order valence-corrected chi connectivity index (χ1v) is 7.47. The average molecular weight is 519 g/mol. The van der Waals surface area contributed by atoms with Crippen LogP contribution < -0.4 is 0 Å². The average Bonchev–Trinajstić information content (AvgIpc) is 2.41. The van der Waals surface area contributed by atoms with Gasteiger partial charge < -0.3 is 46.0 Å². The van der Waals surface area contributed by atoms with Gasteiger partial charge in [-0.05, 0) is 0 Å². The maximum atomic E-state index is 9.43. The van der Waals surface area contributed by atoms with E-state index in [4.69, 9.17) is 60.3 Å². The molecule has 0 aromatic rings. The third kappa shape index (κ3) is 330. The highest BCUT2D eigenvalue weighted by atomic mass is 27.0. The van der Waals surface area contributed by atoms with Gasteiger partial charge in [0.25, 0.3) is 17.9 Å². The summed E-state index contributed by atoms with van der Waals surface area (Å²) in [5, 5.41) is 68.5. The molecule has 0 amide bonds. The van der Waals surface area contributed by atoms with Gasteiger partial charge >= 0.3 is 35.8 Å². The molecule has 19 heteroatoms. The van der Waals surface area contributed by atoms with Gasteiger partial charge in [-0.25, -0.2) is 0 Å². The van der Waals surface area contributed by atoms with Gasteiger partial charge in [0.05, 0.1) is 0 Å². The summed E-state index contributed by atoms with van der Waals surface area (Å²) in [5.41, 5.74) is 0. The molecule has 0 atom stereocenters. The van der Waals surface area contributed by atoms with Crippen LogP contribution in [0, 0.1) is 0 Å². The number of aliphatic carboxylic acids is 9. The van der Waals surface area contributed by atoms with Gasteiger partial charge in [0.2, 0.25) is 0 Å². The molecule has 0 saturated carbocycles. The molecule has 0 unspecified atom stereocenters. The Balaban J connectivity index is -0.0000000522. The fourth-order valence-corrected chi connectivity index (χ4v) is 0.388. The standard InChI is InChI=1S/3C3H4O4.3C2H4O2.Al/c3*4-2(5)1-3(6)7;3*1-2(3)4;/h3*1H2,(H,4,5)(H,6,7);3*1H3,(H,3,4);. The Hall–Kier alpha value is -4.24. The molecule has 3 radical (unpaired) electrons. The predicted octanol–water partition coefficient (Wildman–Crippen LogP) is -1.47. The smallest absolute Gasteiger partial charge is 0.314 e. The number of hydrogen-bond acceptors (Lipinski definition) is 9. The number of carbonyl (C=O) groups is 9. The Labute approximate surface area is 200 Å². The highest BCUT2D eigenvalue weighted by molar-refractivity contribution is 5.89. The van der Waals surface area contributed by atoms with Crippen molar-refractivity contribution in [1.82, 2.24) is 0 Å². The van der Waals surface area contributed by atoms with Gasteiger partial charge in [-0.2, -0.15) is 0 Å². The second kappa shape index (κ2) is 33.4. The van der Waals surface area contributed by atoms with E-state index >= 15 is 0 Å². The number of carboxylic acids is 9. The summed E-state index contributed by atoms with van der Waals surface area (Å²) in [5.74, 6) is -10.4. The van der Waals surface area contributed by atoms with Crippen LogP contribution in [0.2, 0.25) is 0 Å². The van der Waals surface area contributed by atoms with Crippen LogP contribution in [-0.2, 0) is 43.2 Å². The third-order valence-corrected chi connectivity index (χ3v) is 0.907. The molecule has 0 aliphatic carbocycles. The minimum Gasteiger partial charge on any atom is -0.481 e. The molecule has 0 aromatic carbocycles. The van der Waals surface area contributed by atoms with Crippen LogP contribution in [0.15, 0.2) is 0 Å². The minimum absolute atomic E-state index is 0. The van der Waals surface area contributed by atoms with Crippen LogP contribution in [0.5, 0.6) is 0 Å². The van der Waals surface area contributed by atoms with Gasteiger partial charge in [0.1, 0.15) is 19.3 Å². The van der Waals surface area contributed by atoms with Crippen LogP contribution in [0.25, 0.3) is 0 Å². The largest absolute Gasteiger partial charge is 0.481 e. The van der Waals surface area contributed by atoms with Crippen molar-refractivity contribution in [3.8, 4) is 0 Å². The quantitative estimate of drug-likeness (QED) is 0.143. The Morgan fingerprint density at radius 3 is 0.412 bits per heavy atom. The molecule has 0 aromatic heterocycles. The highest BCUT2D eigenvalue weighted by Gasteiger charge is 2.02. The molecule has 0 bridgehead atoms. The van der Waals surface area contributed by atoms with E-state index in [-0.39, 0.29) is 17.4 Å². The van der Waals surface area contributed by atoms with E-state index < -0.39 is 73.0 Å². The summed E-state index contributed by atoms with van der Waals surface area (Å²) >= 11 is 0. The molecule has 0 aliphatic rings. The second-order valence-electron chi connectivity index (χ2n) is 4.45. The number of hydrogen-bond donors (Lipinski definition) is 9. The lowest BCUT2D eigenvalue weighted by Crippen LogP contribution is -2.03. The topological polar surface area (TPSA) is 336 Å². The van der Waals surface area contributed by atoms with Crippen molar-refractivity contribution in [1.29, 1.82) is 0 Å². The Morgan fingerprint density at radius 2 is 0.412 bits per heavy atom. The lowest BCUT2D eigenvalue weighted by molar-refractivity contribution is -0.149. The van der Waals surface area contributed by atoms with E-state index in [1.54, 1.807) is 0 Å². The van der Waals surface area contributed by atoms with Gasteiger partial charge in [0, 0.05) is 38.1 Å². The maximum absolute atomic E-state index is 9.43. The van der Waals surface area contributed by atoms with Crippen LogP contribution in [0.4, 0.5) is 0 Å².